The van der Waals surface area contributed by atoms with Crippen molar-refractivity contribution in [3.05, 3.63) is 64.1 Å². The van der Waals surface area contributed by atoms with E-state index >= 15 is 0 Å². The number of anilines is 2. The normalized spacial score (nSPS) is 11.4. The van der Waals surface area contributed by atoms with Crippen LogP contribution in [-0.2, 0) is 10.5 Å². The van der Waals surface area contributed by atoms with E-state index in [0.29, 0.717) is 10.3 Å². The molecule has 4 rings (SSSR count). The van der Waals surface area contributed by atoms with Crippen LogP contribution in [0.4, 0.5) is 11.1 Å². The molecule has 0 saturated carbocycles. The van der Waals surface area contributed by atoms with Gasteiger partial charge in [-0.25, -0.2) is 10.1 Å². The number of nitrogens with zero attached hydrogens (tertiary/aromatic N) is 6. The largest absolute Gasteiger partial charge is 0.497 e. The van der Waals surface area contributed by atoms with Crippen LogP contribution < -0.4 is 21.3 Å². The molecule has 4 aromatic rings. The van der Waals surface area contributed by atoms with Crippen LogP contribution >= 0.6 is 50.8 Å². The van der Waals surface area contributed by atoms with E-state index in [9.17, 15) is 4.79 Å². The Labute approximate surface area is 233 Å². The third-order valence-corrected chi connectivity index (χ3v) is 8.21. The quantitative estimate of drug-likeness (QED) is 0.0722. The summed E-state index contributed by atoms with van der Waals surface area (Å²) in [5, 5.41) is 24.0. The molecule has 37 heavy (non-hydrogen) atoms. The number of benzene rings is 2. The topological polar surface area (TPSA) is 145 Å². The minimum Gasteiger partial charge on any atom is -0.497 e. The number of aromatic nitrogens is 5. The predicted octanol–water partition coefficient (Wildman–Crippen LogP) is 4.47. The second-order valence-electron chi connectivity index (χ2n) is 7.34. The number of methoxy groups -OCH3 is 1. The Hall–Kier alpha value is -3.14. The summed E-state index contributed by atoms with van der Waals surface area (Å²) in [5.74, 6) is 7.64. The van der Waals surface area contributed by atoms with Gasteiger partial charge in [0, 0.05) is 10.2 Å². The summed E-state index contributed by atoms with van der Waals surface area (Å²) >= 11 is 7.49. The van der Waals surface area contributed by atoms with Crippen LogP contribution in [0.15, 0.2) is 67.6 Å². The van der Waals surface area contributed by atoms with E-state index in [1.807, 2.05) is 49.4 Å². The first-order valence-corrected chi connectivity index (χ1v) is 14.3. The SMILES string of the molecule is COc1ccc(/C(C)=N/Nc2nnc(SCC(=O)Nc3nnc(SCc4cccc(Br)c4)s3)n2N)cc1. The molecule has 1 amide bonds. The number of hydrogen-bond acceptors (Lipinski definition) is 12. The number of amides is 1. The maximum atomic E-state index is 12.4. The Morgan fingerprint density at radius 3 is 2.73 bits per heavy atom. The number of halogens is 1. The Bertz CT molecular complexity index is 1390. The van der Waals surface area contributed by atoms with E-state index in [1.165, 1.54) is 16.0 Å². The lowest BCUT2D eigenvalue weighted by Crippen LogP contribution is -2.17. The summed E-state index contributed by atoms with van der Waals surface area (Å²) in [4.78, 5) is 12.4. The standard InChI is InChI=1S/C22H22BrN9O2S3/c1-13(15-6-8-17(34-2)9-7-15)26-27-19-28-30-21(32(19)24)35-12-18(33)25-20-29-31-22(37-20)36-11-14-4-3-5-16(23)10-14/h3-10H,11-12,24H2,1-2H3,(H,27,28)(H,25,29,33)/b26-13+. The highest BCUT2D eigenvalue weighted by Gasteiger charge is 2.14. The number of nitrogen functional groups attached to an aromatic ring is 1. The Morgan fingerprint density at radius 2 is 1.97 bits per heavy atom. The molecular formula is C22H22BrN9O2S3. The number of rotatable bonds is 11. The second kappa shape index (κ2) is 12.9. The maximum Gasteiger partial charge on any atom is 0.264 e. The molecule has 0 unspecified atom stereocenters. The van der Waals surface area contributed by atoms with Gasteiger partial charge in [0.15, 0.2) is 4.34 Å². The molecule has 0 saturated heterocycles. The third-order valence-electron chi connectivity index (χ3n) is 4.73. The van der Waals surface area contributed by atoms with Crippen molar-refractivity contribution in [2.24, 2.45) is 5.10 Å². The van der Waals surface area contributed by atoms with Gasteiger partial charge in [0.2, 0.25) is 16.2 Å². The van der Waals surface area contributed by atoms with Gasteiger partial charge >= 0.3 is 0 Å². The monoisotopic (exact) mass is 619 g/mol. The zero-order chi connectivity index (χ0) is 26.2. The number of nitrogens with one attached hydrogen (secondary N) is 2. The maximum absolute atomic E-state index is 12.4. The van der Waals surface area contributed by atoms with Crippen LogP contribution in [0, 0.1) is 0 Å². The number of nitrogens with two attached hydrogens (primary N) is 1. The zero-order valence-corrected chi connectivity index (χ0v) is 23.7. The fourth-order valence-corrected chi connectivity index (χ4v) is 5.67. The molecule has 2 aromatic carbocycles. The van der Waals surface area contributed by atoms with Gasteiger partial charge in [-0.2, -0.15) is 5.10 Å². The van der Waals surface area contributed by atoms with Crippen molar-refractivity contribution in [3.8, 4) is 5.75 Å². The molecule has 0 spiro atoms. The van der Waals surface area contributed by atoms with Gasteiger partial charge in [-0.15, -0.1) is 20.4 Å². The molecule has 2 aromatic heterocycles. The molecule has 0 radical (unpaired) electrons. The third kappa shape index (κ3) is 7.67. The van der Waals surface area contributed by atoms with Crippen LogP contribution in [0.1, 0.15) is 18.1 Å². The van der Waals surface area contributed by atoms with Gasteiger partial charge < -0.3 is 10.6 Å². The number of hydrazone groups is 1. The smallest absolute Gasteiger partial charge is 0.264 e. The Morgan fingerprint density at radius 1 is 1.16 bits per heavy atom. The van der Waals surface area contributed by atoms with E-state index in [2.05, 4.69) is 58.2 Å². The van der Waals surface area contributed by atoms with Gasteiger partial charge in [0.25, 0.3) is 5.95 Å². The fourth-order valence-electron chi connectivity index (χ4n) is 2.86. The summed E-state index contributed by atoms with van der Waals surface area (Å²) in [6.45, 7) is 1.85. The molecule has 0 aliphatic rings. The molecule has 0 aliphatic carbocycles. The van der Waals surface area contributed by atoms with Crippen molar-refractivity contribution in [1.29, 1.82) is 0 Å². The molecule has 2 heterocycles. The molecule has 11 nitrogen and oxygen atoms in total. The van der Waals surface area contributed by atoms with Crippen molar-refractivity contribution in [2.45, 2.75) is 22.2 Å². The minimum absolute atomic E-state index is 0.0730. The van der Waals surface area contributed by atoms with Gasteiger partial charge in [-0.3, -0.25) is 10.1 Å². The van der Waals surface area contributed by atoms with Gasteiger partial charge in [-0.05, 0) is 54.4 Å². The molecular weight excluding hydrogens is 598 g/mol. The number of carbonyl (C=O) groups is 1. The number of hydrogen-bond donors (Lipinski definition) is 3. The van der Waals surface area contributed by atoms with Crippen molar-refractivity contribution >= 4 is 73.5 Å². The minimum atomic E-state index is -0.254. The zero-order valence-electron chi connectivity index (χ0n) is 19.7. The molecule has 0 aliphatic heterocycles. The number of carbonyl (C=O) groups excluding carboxylic acids is 1. The van der Waals surface area contributed by atoms with E-state index < -0.39 is 0 Å². The van der Waals surface area contributed by atoms with Crippen molar-refractivity contribution in [2.75, 3.05) is 29.4 Å². The van der Waals surface area contributed by atoms with Gasteiger partial charge in [0.05, 0.1) is 18.6 Å². The summed E-state index contributed by atoms with van der Waals surface area (Å²) in [6.07, 6.45) is 0. The fraction of sp³-hybridized carbons (Fsp3) is 0.182. The Kier molecular flexibility index (Phi) is 9.38. The predicted molar refractivity (Wildman–Crippen MR) is 152 cm³/mol. The molecule has 4 N–H and O–H groups in total. The first-order chi connectivity index (χ1) is 17.9. The van der Waals surface area contributed by atoms with Gasteiger partial charge in [-0.1, -0.05) is 62.9 Å². The second-order valence-corrected chi connectivity index (χ2v) is 11.4. The van der Waals surface area contributed by atoms with Crippen LogP contribution in [0.25, 0.3) is 0 Å². The highest BCUT2D eigenvalue weighted by atomic mass is 79.9. The van der Waals surface area contributed by atoms with Crippen LogP contribution in [0.2, 0.25) is 0 Å². The number of ether oxygens (including phenoxy) is 1. The summed E-state index contributed by atoms with van der Waals surface area (Å²) < 4.78 is 8.20. The van der Waals surface area contributed by atoms with Crippen molar-refractivity contribution < 1.29 is 9.53 Å². The molecule has 0 bridgehead atoms. The van der Waals surface area contributed by atoms with Crippen LogP contribution in [0.5, 0.6) is 5.75 Å². The van der Waals surface area contributed by atoms with E-state index in [0.717, 1.165) is 48.9 Å². The van der Waals surface area contributed by atoms with Crippen LogP contribution in [0.3, 0.4) is 0 Å². The molecule has 0 fully saturated rings. The summed E-state index contributed by atoms with van der Waals surface area (Å²) in [6, 6.07) is 15.6. The van der Waals surface area contributed by atoms with Crippen molar-refractivity contribution in [1.82, 2.24) is 25.1 Å². The van der Waals surface area contributed by atoms with E-state index in [-0.39, 0.29) is 17.6 Å². The molecule has 192 valence electrons. The molecule has 0 atom stereocenters. The van der Waals surface area contributed by atoms with Gasteiger partial charge in [0.1, 0.15) is 5.75 Å². The highest BCUT2D eigenvalue weighted by Crippen LogP contribution is 2.29. The first-order valence-electron chi connectivity index (χ1n) is 10.7. The van der Waals surface area contributed by atoms with E-state index in [1.54, 1.807) is 18.9 Å². The average Bonchev–Trinajstić information content (AvgIpc) is 3.50. The lowest BCUT2D eigenvalue weighted by atomic mass is 10.1. The summed E-state index contributed by atoms with van der Waals surface area (Å²) in [7, 11) is 1.61. The summed E-state index contributed by atoms with van der Waals surface area (Å²) in [5.41, 5.74) is 5.61. The lowest BCUT2D eigenvalue weighted by molar-refractivity contribution is -0.113. The lowest BCUT2D eigenvalue weighted by Gasteiger charge is -2.05. The highest BCUT2D eigenvalue weighted by molar-refractivity contribution is 9.10. The number of thioether (sulfide) groups is 2. The average molecular weight is 621 g/mol. The van der Waals surface area contributed by atoms with Crippen molar-refractivity contribution in [3.63, 3.8) is 0 Å². The molecule has 15 heteroatoms. The van der Waals surface area contributed by atoms with E-state index in [4.69, 9.17) is 10.6 Å². The Balaban J connectivity index is 1.25. The first kappa shape index (κ1) is 26.9. The van der Waals surface area contributed by atoms with Crippen LogP contribution in [-0.4, -0.2) is 49.6 Å².